The van der Waals surface area contributed by atoms with Gasteiger partial charge in [-0.25, -0.2) is 0 Å². The number of rotatable bonds is 1. The van der Waals surface area contributed by atoms with Crippen LogP contribution in [0.1, 0.15) is 11.1 Å². The topological polar surface area (TPSA) is 0 Å². The molecule has 1 heteroatoms. The van der Waals surface area contributed by atoms with Crippen LogP contribution in [0.3, 0.4) is 0 Å². The van der Waals surface area contributed by atoms with Gasteiger partial charge in [0.05, 0.1) is 0 Å². The van der Waals surface area contributed by atoms with E-state index in [2.05, 4.69) is 49.6 Å². The average Bonchev–Trinajstić information content (AvgIpc) is 2.62. The summed E-state index contributed by atoms with van der Waals surface area (Å²) in [6, 6.07) is 10.6. The molecule has 1 heterocycles. The fourth-order valence-corrected chi connectivity index (χ4v) is 1.99. The van der Waals surface area contributed by atoms with Crippen LogP contribution in [-0.4, -0.2) is 0 Å². The molecule has 0 amide bonds. The van der Waals surface area contributed by atoms with E-state index in [1.807, 2.05) is 0 Å². The molecule has 2 aromatic rings. The third kappa shape index (κ3) is 1.61. The molecular weight excluding hydrogens is 176 g/mol. The highest BCUT2D eigenvalue weighted by molar-refractivity contribution is 7.13. The Balaban J connectivity index is 2.49. The minimum atomic E-state index is 1.12. The Labute approximate surface area is 82.9 Å². The summed E-state index contributed by atoms with van der Waals surface area (Å²) in [7, 11) is 0. The van der Waals surface area contributed by atoms with Gasteiger partial charge in [0, 0.05) is 4.88 Å². The predicted octanol–water partition coefficient (Wildman–Crippen LogP) is 3.91. The highest BCUT2D eigenvalue weighted by Crippen LogP contribution is 2.26. The van der Waals surface area contributed by atoms with Crippen molar-refractivity contribution >= 4 is 11.3 Å². The molecule has 13 heavy (non-hydrogen) atoms. The van der Waals surface area contributed by atoms with E-state index < -0.39 is 0 Å². The van der Waals surface area contributed by atoms with Gasteiger partial charge in [-0.15, -0.1) is 17.4 Å². The molecule has 0 unspecified atom stereocenters. The van der Waals surface area contributed by atoms with E-state index in [1.54, 1.807) is 11.3 Å². The van der Waals surface area contributed by atoms with Crippen molar-refractivity contribution in [1.82, 2.24) is 0 Å². The molecule has 0 aliphatic carbocycles. The number of hydrogen-bond acceptors (Lipinski definition) is 1. The van der Waals surface area contributed by atoms with Crippen LogP contribution in [0.15, 0.2) is 35.7 Å². The first-order chi connectivity index (χ1) is 6.27. The van der Waals surface area contributed by atoms with Crippen molar-refractivity contribution in [1.29, 1.82) is 0 Å². The molecule has 1 aromatic heterocycles. The number of aryl methyl sites for hydroxylation is 1. The maximum absolute atomic E-state index is 4.00. The summed E-state index contributed by atoms with van der Waals surface area (Å²) in [5, 5.41) is 2.10. The van der Waals surface area contributed by atoms with Crippen molar-refractivity contribution in [3.05, 3.63) is 53.8 Å². The third-order valence-corrected chi connectivity index (χ3v) is 3.07. The van der Waals surface area contributed by atoms with Crippen LogP contribution < -0.4 is 0 Å². The van der Waals surface area contributed by atoms with E-state index in [0.29, 0.717) is 0 Å². The Hall–Kier alpha value is -1.21. The van der Waals surface area contributed by atoms with E-state index in [0.717, 1.165) is 5.56 Å². The summed E-state index contributed by atoms with van der Waals surface area (Å²) in [5.41, 5.74) is 3.64. The molecule has 0 saturated carbocycles. The van der Waals surface area contributed by atoms with Gasteiger partial charge < -0.3 is 0 Å². The molecule has 0 aliphatic heterocycles. The van der Waals surface area contributed by atoms with Crippen LogP contribution >= 0.6 is 11.3 Å². The maximum atomic E-state index is 4.00. The van der Waals surface area contributed by atoms with Crippen LogP contribution in [0, 0.1) is 13.8 Å². The second-order valence-electron chi connectivity index (χ2n) is 3.12. The van der Waals surface area contributed by atoms with Crippen molar-refractivity contribution in [3.8, 4) is 10.4 Å². The minimum Gasteiger partial charge on any atom is -0.198 e. The van der Waals surface area contributed by atoms with Gasteiger partial charge in [0.1, 0.15) is 0 Å². The zero-order valence-corrected chi connectivity index (χ0v) is 8.40. The van der Waals surface area contributed by atoms with E-state index in [-0.39, 0.29) is 0 Å². The monoisotopic (exact) mass is 187 g/mol. The highest BCUT2D eigenvalue weighted by atomic mass is 32.1. The normalized spacial score (nSPS) is 10.2. The highest BCUT2D eigenvalue weighted by Gasteiger charge is 1.94. The molecule has 0 atom stereocenters. The fraction of sp³-hybridized carbons (Fsp3) is 0.0833. The Bertz CT molecular complexity index is 399. The number of benzene rings is 1. The number of hydrogen-bond donors (Lipinski definition) is 0. The summed E-state index contributed by atoms with van der Waals surface area (Å²) in [4.78, 5) is 1.31. The Morgan fingerprint density at radius 1 is 1.23 bits per heavy atom. The van der Waals surface area contributed by atoms with Gasteiger partial charge in [0.15, 0.2) is 0 Å². The lowest BCUT2D eigenvalue weighted by Crippen LogP contribution is -1.80. The van der Waals surface area contributed by atoms with Gasteiger partial charge in [0.25, 0.3) is 0 Å². The molecule has 2 rings (SSSR count). The largest absolute Gasteiger partial charge is 0.198 e. The zero-order chi connectivity index (χ0) is 9.26. The van der Waals surface area contributed by atoms with Crippen molar-refractivity contribution in [2.45, 2.75) is 6.92 Å². The van der Waals surface area contributed by atoms with Crippen molar-refractivity contribution < 1.29 is 0 Å². The molecule has 0 spiro atoms. The van der Waals surface area contributed by atoms with Gasteiger partial charge in [-0.1, -0.05) is 24.6 Å². The Morgan fingerprint density at radius 3 is 2.69 bits per heavy atom. The van der Waals surface area contributed by atoms with E-state index >= 15 is 0 Å². The summed E-state index contributed by atoms with van der Waals surface area (Å²) < 4.78 is 0. The van der Waals surface area contributed by atoms with E-state index in [4.69, 9.17) is 0 Å². The summed E-state index contributed by atoms with van der Waals surface area (Å²) in [6.07, 6.45) is 0. The first kappa shape index (κ1) is 8.39. The van der Waals surface area contributed by atoms with Crippen LogP contribution in [0.5, 0.6) is 0 Å². The molecule has 0 fully saturated rings. The zero-order valence-electron chi connectivity index (χ0n) is 7.58. The first-order valence-corrected chi connectivity index (χ1v) is 5.12. The molecule has 66 valence electrons. The smallest absolute Gasteiger partial charge is 0.0220 e. The van der Waals surface area contributed by atoms with Gasteiger partial charge in [-0.3, -0.25) is 0 Å². The Morgan fingerprint density at radius 2 is 2.08 bits per heavy atom. The molecule has 0 radical (unpaired) electrons. The second-order valence-corrected chi connectivity index (χ2v) is 4.07. The fourth-order valence-electron chi connectivity index (χ4n) is 1.27. The van der Waals surface area contributed by atoms with E-state index in [1.165, 1.54) is 16.0 Å². The van der Waals surface area contributed by atoms with Gasteiger partial charge in [-0.2, -0.15) is 24.1 Å². The van der Waals surface area contributed by atoms with Gasteiger partial charge >= 0.3 is 0 Å². The second kappa shape index (κ2) is 3.27. The SMILES string of the molecule is [CH2-]c1cc(-c2cccs2)ccc1C. The lowest BCUT2D eigenvalue weighted by molar-refractivity contribution is 1.42. The minimum absolute atomic E-state index is 1.12. The number of thiophene rings is 1. The predicted molar refractivity (Wildman–Crippen MR) is 59.0 cm³/mol. The summed E-state index contributed by atoms with van der Waals surface area (Å²) >= 11 is 1.76. The molecule has 0 nitrogen and oxygen atoms in total. The Kier molecular flexibility index (Phi) is 2.11. The summed E-state index contributed by atoms with van der Waals surface area (Å²) in [5.74, 6) is 0. The van der Waals surface area contributed by atoms with Crippen LogP contribution in [0.4, 0.5) is 0 Å². The molecule has 1 aromatic carbocycles. The molecule has 0 aliphatic rings. The van der Waals surface area contributed by atoms with Crippen LogP contribution in [-0.2, 0) is 0 Å². The van der Waals surface area contributed by atoms with Gasteiger partial charge in [-0.05, 0) is 11.4 Å². The molecule has 0 saturated heterocycles. The van der Waals surface area contributed by atoms with Crippen molar-refractivity contribution in [2.24, 2.45) is 0 Å². The van der Waals surface area contributed by atoms with E-state index in [9.17, 15) is 0 Å². The third-order valence-electron chi connectivity index (χ3n) is 2.15. The van der Waals surface area contributed by atoms with Gasteiger partial charge in [0.2, 0.25) is 0 Å². The summed E-state index contributed by atoms with van der Waals surface area (Å²) in [6.45, 7) is 6.08. The van der Waals surface area contributed by atoms with Crippen LogP contribution in [0.2, 0.25) is 0 Å². The average molecular weight is 187 g/mol. The quantitative estimate of drug-likeness (QED) is 0.594. The van der Waals surface area contributed by atoms with Crippen molar-refractivity contribution in [3.63, 3.8) is 0 Å². The van der Waals surface area contributed by atoms with Crippen molar-refractivity contribution in [2.75, 3.05) is 0 Å². The molecule has 0 bridgehead atoms. The molecule has 0 N–H and O–H groups in total. The lowest BCUT2D eigenvalue weighted by atomic mass is 10.1. The maximum Gasteiger partial charge on any atom is 0.0220 e. The first-order valence-electron chi connectivity index (χ1n) is 4.24. The van der Waals surface area contributed by atoms with Crippen LogP contribution in [0.25, 0.3) is 10.4 Å². The lowest BCUT2D eigenvalue weighted by Gasteiger charge is -2.10. The standard InChI is InChI=1S/C12H11S/c1-9-5-6-11(8-10(9)2)12-4-3-7-13-12/h3-8H,2H2,1H3/q-1. The molecular formula is C12H11S-.